The number of carbonyl (C=O) groups is 1. The molecule has 1 N–H and O–H groups in total. The van der Waals surface area contributed by atoms with E-state index in [2.05, 4.69) is 36.3 Å². The molecule has 0 saturated carbocycles. The molecule has 1 saturated heterocycles. The molecule has 3 aromatic rings. The Kier molecular flexibility index (Phi) is 5.89. The van der Waals surface area contributed by atoms with Gasteiger partial charge in [0.2, 0.25) is 10.0 Å². The molecule has 1 aromatic heterocycles. The predicted molar refractivity (Wildman–Crippen MR) is 125 cm³/mol. The minimum Gasteiger partial charge on any atom is -0.298 e. The van der Waals surface area contributed by atoms with Crippen LogP contribution in [0.15, 0.2) is 41.3 Å². The van der Waals surface area contributed by atoms with Gasteiger partial charge in [-0.15, -0.1) is 0 Å². The van der Waals surface area contributed by atoms with Crippen LogP contribution in [0.3, 0.4) is 0 Å². The van der Waals surface area contributed by atoms with Gasteiger partial charge in [-0.2, -0.15) is 4.31 Å². The summed E-state index contributed by atoms with van der Waals surface area (Å²) in [4.78, 5) is 17.4. The molecule has 2 aromatic carbocycles. The second-order valence-corrected chi connectivity index (χ2v) is 11.7. The van der Waals surface area contributed by atoms with Gasteiger partial charge < -0.3 is 0 Å². The smallest absolute Gasteiger partial charge is 0.257 e. The molecular formula is C23H27N3O3S2. The highest BCUT2D eigenvalue weighted by atomic mass is 32.2. The molecule has 2 atom stereocenters. The lowest BCUT2D eigenvalue weighted by molar-refractivity contribution is 0.102. The van der Waals surface area contributed by atoms with Crippen molar-refractivity contribution in [3.63, 3.8) is 0 Å². The van der Waals surface area contributed by atoms with E-state index in [1.807, 2.05) is 13.8 Å². The van der Waals surface area contributed by atoms with E-state index in [1.165, 1.54) is 23.5 Å². The van der Waals surface area contributed by atoms with Crippen LogP contribution >= 0.6 is 11.3 Å². The summed E-state index contributed by atoms with van der Waals surface area (Å²) in [5.41, 5.74) is 3.51. The molecule has 0 aliphatic carbocycles. The molecule has 0 spiro atoms. The van der Waals surface area contributed by atoms with Gasteiger partial charge in [0.1, 0.15) is 0 Å². The monoisotopic (exact) mass is 457 g/mol. The van der Waals surface area contributed by atoms with E-state index in [-0.39, 0.29) is 10.8 Å². The summed E-state index contributed by atoms with van der Waals surface area (Å²) in [5.74, 6) is 0.368. The highest BCUT2D eigenvalue weighted by molar-refractivity contribution is 7.89. The van der Waals surface area contributed by atoms with Crippen molar-refractivity contribution >= 4 is 42.6 Å². The SMILES string of the molecule is Cc1cc(C)c2nc(NC(=O)c3ccc(S(=O)(=O)N4C[C@@H](C)C[C@H](C)C4)cc3)sc2c1. The number of fused-ring (bicyclic) bond motifs is 1. The fraction of sp³-hybridized carbons (Fsp3) is 0.391. The zero-order chi connectivity index (χ0) is 22.3. The van der Waals surface area contributed by atoms with Gasteiger partial charge in [0.05, 0.1) is 15.1 Å². The number of piperidine rings is 1. The molecule has 0 radical (unpaired) electrons. The number of nitrogens with zero attached hydrogens (tertiary/aromatic N) is 2. The topological polar surface area (TPSA) is 79.4 Å². The number of aryl methyl sites for hydroxylation is 2. The first-order valence-electron chi connectivity index (χ1n) is 10.4. The standard InChI is InChI=1S/C23H27N3O3S2/c1-14-10-17(4)21-20(11-14)30-23(24-21)25-22(27)18-5-7-19(8-6-18)31(28,29)26-12-15(2)9-16(3)13-26/h5-8,10-11,15-16H,9,12-13H2,1-4H3,(H,24,25,27)/t15-,16-/m0/s1. The minimum atomic E-state index is -3.56. The van der Waals surface area contributed by atoms with Crippen molar-refractivity contribution in [2.24, 2.45) is 11.8 Å². The number of aromatic nitrogens is 1. The molecule has 4 rings (SSSR count). The lowest BCUT2D eigenvalue weighted by Crippen LogP contribution is -2.42. The lowest BCUT2D eigenvalue weighted by Gasteiger charge is -2.34. The maximum atomic E-state index is 13.0. The molecule has 8 heteroatoms. The second-order valence-electron chi connectivity index (χ2n) is 8.69. The number of hydrogen-bond acceptors (Lipinski definition) is 5. The molecule has 0 bridgehead atoms. The van der Waals surface area contributed by atoms with Crippen LogP contribution in [0.25, 0.3) is 10.2 Å². The van der Waals surface area contributed by atoms with E-state index < -0.39 is 10.0 Å². The van der Waals surface area contributed by atoms with Gasteiger partial charge in [0.15, 0.2) is 5.13 Å². The van der Waals surface area contributed by atoms with Gasteiger partial charge in [-0.3, -0.25) is 10.1 Å². The second kappa shape index (κ2) is 8.33. The number of sulfonamides is 1. The summed E-state index contributed by atoms with van der Waals surface area (Å²) in [7, 11) is -3.56. The normalized spacial score (nSPS) is 20.1. The molecule has 1 aliphatic heterocycles. The Hall–Kier alpha value is -2.29. The third kappa shape index (κ3) is 4.51. The number of benzene rings is 2. The average Bonchev–Trinajstić information content (AvgIpc) is 3.10. The maximum absolute atomic E-state index is 13.0. The van der Waals surface area contributed by atoms with Crippen molar-refractivity contribution in [1.82, 2.24) is 9.29 Å². The fourth-order valence-electron chi connectivity index (χ4n) is 4.32. The zero-order valence-electron chi connectivity index (χ0n) is 18.2. The third-order valence-corrected chi connectivity index (χ3v) is 8.40. The summed E-state index contributed by atoms with van der Waals surface area (Å²) in [5, 5.41) is 3.37. The maximum Gasteiger partial charge on any atom is 0.257 e. The molecule has 1 aliphatic rings. The summed E-state index contributed by atoms with van der Waals surface area (Å²) < 4.78 is 28.6. The van der Waals surface area contributed by atoms with Gasteiger partial charge in [0, 0.05) is 18.7 Å². The molecule has 1 amide bonds. The van der Waals surface area contributed by atoms with Crippen LogP contribution in [0.2, 0.25) is 0 Å². The average molecular weight is 458 g/mol. The Labute approximate surface area is 187 Å². The van der Waals surface area contributed by atoms with E-state index in [0.29, 0.717) is 35.6 Å². The first kappa shape index (κ1) is 21.9. The largest absolute Gasteiger partial charge is 0.298 e. The molecule has 31 heavy (non-hydrogen) atoms. The van der Waals surface area contributed by atoms with Gasteiger partial charge in [-0.05, 0) is 73.6 Å². The van der Waals surface area contributed by atoms with Gasteiger partial charge in [-0.1, -0.05) is 31.3 Å². The van der Waals surface area contributed by atoms with Crippen LogP contribution in [0.1, 0.15) is 41.8 Å². The van der Waals surface area contributed by atoms with E-state index in [9.17, 15) is 13.2 Å². The van der Waals surface area contributed by atoms with Crippen LogP contribution in [-0.2, 0) is 10.0 Å². The molecule has 2 heterocycles. The van der Waals surface area contributed by atoms with Gasteiger partial charge in [-0.25, -0.2) is 13.4 Å². The number of nitrogens with one attached hydrogen (secondary N) is 1. The molecule has 6 nitrogen and oxygen atoms in total. The summed E-state index contributed by atoms with van der Waals surface area (Å²) in [6, 6.07) is 10.3. The highest BCUT2D eigenvalue weighted by Gasteiger charge is 2.31. The van der Waals surface area contributed by atoms with Crippen molar-refractivity contribution in [1.29, 1.82) is 0 Å². The van der Waals surface area contributed by atoms with Crippen molar-refractivity contribution in [2.45, 2.75) is 39.0 Å². The summed E-state index contributed by atoms with van der Waals surface area (Å²) in [6.07, 6.45) is 1.04. The van der Waals surface area contributed by atoms with Crippen molar-refractivity contribution in [3.8, 4) is 0 Å². The molecule has 1 fully saturated rings. The van der Waals surface area contributed by atoms with E-state index in [0.717, 1.165) is 27.8 Å². The third-order valence-electron chi connectivity index (χ3n) is 5.64. The van der Waals surface area contributed by atoms with E-state index in [1.54, 1.807) is 16.4 Å². The Bertz CT molecular complexity index is 1220. The summed E-state index contributed by atoms with van der Waals surface area (Å²) >= 11 is 1.43. The van der Waals surface area contributed by atoms with E-state index in [4.69, 9.17) is 0 Å². The number of hydrogen-bond donors (Lipinski definition) is 1. The Morgan fingerprint density at radius 1 is 1.10 bits per heavy atom. The van der Waals surface area contributed by atoms with Crippen LogP contribution in [0.5, 0.6) is 0 Å². The van der Waals surface area contributed by atoms with Crippen LogP contribution in [0, 0.1) is 25.7 Å². The van der Waals surface area contributed by atoms with Gasteiger partial charge >= 0.3 is 0 Å². The lowest BCUT2D eigenvalue weighted by atomic mass is 9.94. The van der Waals surface area contributed by atoms with Crippen molar-refractivity contribution < 1.29 is 13.2 Å². The minimum absolute atomic E-state index is 0.219. The predicted octanol–water partition coefficient (Wildman–Crippen LogP) is 4.83. The van der Waals surface area contributed by atoms with Crippen LogP contribution < -0.4 is 5.32 Å². The summed E-state index contributed by atoms with van der Waals surface area (Å²) in [6.45, 7) is 9.26. The number of rotatable bonds is 4. The van der Waals surface area contributed by atoms with Crippen LogP contribution in [-0.4, -0.2) is 36.7 Å². The fourth-order valence-corrected chi connectivity index (χ4v) is 7.04. The first-order valence-corrected chi connectivity index (χ1v) is 12.7. The Balaban J connectivity index is 1.51. The van der Waals surface area contributed by atoms with Crippen molar-refractivity contribution in [2.75, 3.05) is 18.4 Å². The van der Waals surface area contributed by atoms with Gasteiger partial charge in [0.25, 0.3) is 5.91 Å². The Morgan fingerprint density at radius 2 is 1.74 bits per heavy atom. The zero-order valence-corrected chi connectivity index (χ0v) is 19.8. The molecule has 164 valence electrons. The quantitative estimate of drug-likeness (QED) is 0.608. The van der Waals surface area contributed by atoms with E-state index >= 15 is 0 Å². The first-order chi connectivity index (χ1) is 14.6. The highest BCUT2D eigenvalue weighted by Crippen LogP contribution is 2.30. The number of amides is 1. The number of thiazole rings is 1. The van der Waals surface area contributed by atoms with Crippen molar-refractivity contribution in [3.05, 3.63) is 53.1 Å². The number of carbonyl (C=O) groups excluding carboxylic acids is 1. The molecule has 0 unspecified atom stereocenters. The Morgan fingerprint density at radius 3 is 2.39 bits per heavy atom. The number of anilines is 1. The van der Waals surface area contributed by atoms with Crippen LogP contribution in [0.4, 0.5) is 5.13 Å². The molecular weight excluding hydrogens is 430 g/mol.